The van der Waals surface area contributed by atoms with E-state index in [-0.39, 0.29) is 16.7 Å². The third-order valence-corrected chi connectivity index (χ3v) is 6.49. The number of benzene rings is 3. The Hall–Kier alpha value is -4.63. The number of carbonyl (C=O) groups is 2. The molecule has 0 aliphatic carbocycles. The number of anilines is 3. The molecule has 5 rings (SSSR count). The highest BCUT2D eigenvalue weighted by Crippen LogP contribution is 2.39. The summed E-state index contributed by atoms with van der Waals surface area (Å²) in [6, 6.07) is 18.9. The van der Waals surface area contributed by atoms with Gasteiger partial charge in [-0.1, -0.05) is 29.8 Å². The van der Waals surface area contributed by atoms with Crippen molar-refractivity contribution in [1.29, 1.82) is 0 Å². The van der Waals surface area contributed by atoms with E-state index in [0.717, 1.165) is 0 Å². The summed E-state index contributed by atoms with van der Waals surface area (Å²) in [5.41, 5.74) is 2.28. The predicted molar refractivity (Wildman–Crippen MR) is 149 cm³/mol. The molecule has 1 atom stereocenters. The molecule has 198 valence electrons. The monoisotopic (exact) mass is 545 g/mol. The number of hydrogen-bond acceptors (Lipinski definition) is 5. The molecule has 8 nitrogen and oxygen atoms in total. The van der Waals surface area contributed by atoms with Crippen LogP contribution < -0.4 is 20.7 Å². The molecule has 10 heteroatoms. The molecule has 2 amide bonds. The van der Waals surface area contributed by atoms with Gasteiger partial charge >= 0.3 is 0 Å². The van der Waals surface area contributed by atoms with Gasteiger partial charge in [0.2, 0.25) is 0 Å². The van der Waals surface area contributed by atoms with Gasteiger partial charge in [0.15, 0.2) is 0 Å². The van der Waals surface area contributed by atoms with Crippen LogP contribution in [0, 0.1) is 5.82 Å². The van der Waals surface area contributed by atoms with E-state index in [9.17, 15) is 9.59 Å². The first-order valence-electron chi connectivity index (χ1n) is 12.3. The van der Waals surface area contributed by atoms with Gasteiger partial charge in [-0.2, -0.15) is 5.10 Å². The maximum Gasteiger partial charge on any atom is 0.261 e. The van der Waals surface area contributed by atoms with Gasteiger partial charge in [-0.25, -0.2) is 9.07 Å². The fraction of sp³-hybridized carbons (Fsp3) is 0.138. The van der Waals surface area contributed by atoms with Gasteiger partial charge in [0.1, 0.15) is 29.0 Å². The van der Waals surface area contributed by atoms with Crippen LogP contribution in [-0.4, -0.2) is 28.2 Å². The summed E-state index contributed by atoms with van der Waals surface area (Å²) >= 11 is 5.97. The van der Waals surface area contributed by atoms with Gasteiger partial charge in [-0.05, 0) is 68.4 Å². The van der Waals surface area contributed by atoms with Crippen molar-refractivity contribution in [2.75, 3.05) is 22.6 Å². The van der Waals surface area contributed by atoms with Crippen molar-refractivity contribution in [3.05, 3.63) is 112 Å². The summed E-state index contributed by atoms with van der Waals surface area (Å²) < 4.78 is 22.0. The van der Waals surface area contributed by atoms with Gasteiger partial charge in [0, 0.05) is 27.7 Å². The third kappa shape index (κ3) is 5.35. The Morgan fingerprint density at radius 3 is 2.31 bits per heavy atom. The Morgan fingerprint density at radius 1 is 1.00 bits per heavy atom. The number of nitrogens with zero attached hydrogens (tertiary/aromatic N) is 2. The number of aromatic nitrogens is 2. The van der Waals surface area contributed by atoms with Crippen molar-refractivity contribution in [3.8, 4) is 5.75 Å². The molecular formula is C29H25ClFN5O3. The van der Waals surface area contributed by atoms with Gasteiger partial charge in [0.05, 0.1) is 18.4 Å². The van der Waals surface area contributed by atoms with Crippen molar-refractivity contribution >= 4 is 40.6 Å². The number of nitrogens with one attached hydrogen (secondary N) is 3. The van der Waals surface area contributed by atoms with E-state index >= 15 is 4.39 Å². The lowest BCUT2D eigenvalue weighted by atomic mass is 9.94. The van der Waals surface area contributed by atoms with Crippen molar-refractivity contribution in [2.45, 2.75) is 19.9 Å². The SMILES string of the molecule is CCOc1ccc(NC(=O)c2cnn3c2NC(C)=C(C(=O)Nc2ccc(Cl)cc2)C3c2ccccc2F)cc1. The van der Waals surface area contributed by atoms with E-state index < -0.39 is 23.7 Å². The van der Waals surface area contributed by atoms with Crippen LogP contribution in [0.4, 0.5) is 21.6 Å². The molecule has 3 aromatic carbocycles. The Kier molecular flexibility index (Phi) is 7.33. The normalized spacial score (nSPS) is 14.3. The molecule has 2 heterocycles. The maximum absolute atomic E-state index is 15.1. The minimum atomic E-state index is -0.929. The maximum atomic E-state index is 15.1. The number of amides is 2. The summed E-state index contributed by atoms with van der Waals surface area (Å²) in [5, 5.41) is 13.8. The largest absolute Gasteiger partial charge is 0.494 e. The Morgan fingerprint density at radius 2 is 1.64 bits per heavy atom. The van der Waals surface area contributed by atoms with Crippen LogP contribution in [0.25, 0.3) is 0 Å². The summed E-state index contributed by atoms with van der Waals surface area (Å²) in [7, 11) is 0. The zero-order chi connectivity index (χ0) is 27.5. The number of fused-ring (bicyclic) bond motifs is 1. The standard InChI is InChI=1S/C29H25ClFN5O3/c1-3-39-21-14-12-20(13-15-21)34-28(37)23-16-32-36-26(22-6-4-5-7-24(22)31)25(17(2)33-27(23)36)29(38)35-19-10-8-18(30)9-11-19/h4-16,26,33H,3H2,1-2H3,(H,34,37)(H,35,38). The molecule has 0 saturated heterocycles. The highest BCUT2D eigenvalue weighted by atomic mass is 35.5. The molecule has 1 aromatic heterocycles. The lowest BCUT2D eigenvalue weighted by molar-refractivity contribution is -0.113. The van der Waals surface area contributed by atoms with E-state index in [1.165, 1.54) is 16.9 Å². The topological polar surface area (TPSA) is 97.3 Å². The molecule has 0 bridgehead atoms. The Bertz CT molecular complexity index is 1560. The first-order chi connectivity index (χ1) is 18.9. The van der Waals surface area contributed by atoms with Crippen molar-refractivity contribution in [3.63, 3.8) is 0 Å². The van der Waals surface area contributed by atoms with Crippen LogP contribution in [0.15, 0.2) is 90.3 Å². The first-order valence-corrected chi connectivity index (χ1v) is 12.6. The van der Waals surface area contributed by atoms with Gasteiger partial charge < -0.3 is 20.7 Å². The second-order valence-corrected chi connectivity index (χ2v) is 9.25. The zero-order valence-electron chi connectivity index (χ0n) is 21.2. The molecule has 1 unspecified atom stereocenters. The zero-order valence-corrected chi connectivity index (χ0v) is 21.9. The highest BCUT2D eigenvalue weighted by molar-refractivity contribution is 6.30. The van der Waals surface area contributed by atoms with Crippen LogP contribution in [0.1, 0.15) is 35.8 Å². The van der Waals surface area contributed by atoms with E-state index in [1.807, 2.05) is 6.92 Å². The summed E-state index contributed by atoms with van der Waals surface area (Å²) in [6.07, 6.45) is 1.40. The van der Waals surface area contributed by atoms with Crippen LogP contribution in [0.3, 0.4) is 0 Å². The highest BCUT2D eigenvalue weighted by Gasteiger charge is 2.36. The van der Waals surface area contributed by atoms with Gasteiger partial charge in [-0.15, -0.1) is 0 Å². The van der Waals surface area contributed by atoms with Gasteiger partial charge in [0.25, 0.3) is 11.8 Å². The molecule has 0 radical (unpaired) electrons. The first kappa shape index (κ1) is 26.0. The van der Waals surface area contributed by atoms with Crippen molar-refractivity contribution in [2.24, 2.45) is 0 Å². The lowest BCUT2D eigenvalue weighted by Crippen LogP contribution is -2.32. The van der Waals surface area contributed by atoms with E-state index in [0.29, 0.717) is 40.3 Å². The fourth-order valence-electron chi connectivity index (χ4n) is 4.43. The summed E-state index contributed by atoms with van der Waals surface area (Å²) in [5.74, 6) is -0.333. The van der Waals surface area contributed by atoms with Crippen LogP contribution in [-0.2, 0) is 4.79 Å². The van der Waals surface area contributed by atoms with Crippen molar-refractivity contribution in [1.82, 2.24) is 9.78 Å². The predicted octanol–water partition coefficient (Wildman–Crippen LogP) is 6.25. The van der Waals surface area contributed by atoms with Crippen LogP contribution in [0.5, 0.6) is 5.75 Å². The molecule has 0 saturated carbocycles. The lowest BCUT2D eigenvalue weighted by Gasteiger charge is -2.30. The number of hydrogen-bond donors (Lipinski definition) is 3. The van der Waals surface area contributed by atoms with Crippen molar-refractivity contribution < 1.29 is 18.7 Å². The molecule has 1 aliphatic heterocycles. The Labute approximate surface area is 229 Å². The molecule has 0 fully saturated rings. The second-order valence-electron chi connectivity index (χ2n) is 8.81. The molecule has 39 heavy (non-hydrogen) atoms. The minimum Gasteiger partial charge on any atom is -0.494 e. The molecular weight excluding hydrogens is 521 g/mol. The number of halogens is 2. The van der Waals surface area contributed by atoms with E-state index in [1.54, 1.807) is 73.7 Å². The van der Waals surface area contributed by atoms with E-state index in [2.05, 4.69) is 21.0 Å². The fourth-order valence-corrected chi connectivity index (χ4v) is 4.56. The Balaban J connectivity index is 1.50. The van der Waals surface area contributed by atoms with Crippen LogP contribution in [0.2, 0.25) is 5.02 Å². The second kappa shape index (κ2) is 11.0. The molecule has 4 aromatic rings. The molecule has 3 N–H and O–H groups in total. The summed E-state index contributed by atoms with van der Waals surface area (Å²) in [6.45, 7) is 4.13. The molecule has 0 spiro atoms. The van der Waals surface area contributed by atoms with Gasteiger partial charge in [-0.3, -0.25) is 9.59 Å². The quantitative estimate of drug-likeness (QED) is 0.255. The minimum absolute atomic E-state index is 0.238. The number of carbonyl (C=O) groups excluding carboxylic acids is 2. The average molecular weight is 546 g/mol. The molecule has 1 aliphatic rings. The smallest absolute Gasteiger partial charge is 0.261 e. The average Bonchev–Trinajstić information content (AvgIpc) is 3.34. The number of allylic oxidation sites excluding steroid dienone is 1. The third-order valence-electron chi connectivity index (χ3n) is 6.24. The van der Waals surface area contributed by atoms with Crippen LogP contribution >= 0.6 is 11.6 Å². The summed E-state index contributed by atoms with van der Waals surface area (Å²) in [4.78, 5) is 26.8. The number of rotatable bonds is 7. The number of ether oxygens (including phenoxy) is 1. The van der Waals surface area contributed by atoms with E-state index in [4.69, 9.17) is 16.3 Å².